The number of aromatic hydroxyl groups is 1. The lowest BCUT2D eigenvalue weighted by molar-refractivity contribution is -0.121. The Hall–Kier alpha value is -2.64. The Balaban J connectivity index is 2.38. The van der Waals surface area contributed by atoms with Crippen LogP contribution in [0.2, 0.25) is 10.0 Å². The maximum Gasteiger partial charge on any atom is 0.262 e. The van der Waals surface area contributed by atoms with E-state index in [0.717, 1.165) is 10.6 Å². The van der Waals surface area contributed by atoms with Crippen LogP contribution in [0.3, 0.4) is 0 Å². The molecule has 0 saturated carbocycles. The number of rotatable bonds is 3. The van der Waals surface area contributed by atoms with Crippen LogP contribution in [-0.4, -0.2) is 28.5 Å². The largest absolute Gasteiger partial charge is 0.503 e. The van der Waals surface area contributed by atoms with E-state index in [1.54, 1.807) is 0 Å². The number of halogens is 4. The summed E-state index contributed by atoms with van der Waals surface area (Å²) in [6, 6.07) is 5.05. The number of benzene rings is 2. The highest BCUT2D eigenvalue weighted by atomic mass is 35.5. The third kappa shape index (κ3) is 3.34. The van der Waals surface area contributed by atoms with Crippen molar-refractivity contribution < 1.29 is 23.5 Å². The molecule has 0 radical (unpaired) electrons. The highest BCUT2D eigenvalue weighted by Crippen LogP contribution is 2.38. The van der Waals surface area contributed by atoms with E-state index >= 15 is 0 Å². The lowest BCUT2D eigenvalue weighted by Gasteiger charge is -2.12. The molecule has 2 N–H and O–H groups in total. The molecule has 0 aliphatic rings. The van der Waals surface area contributed by atoms with Crippen molar-refractivity contribution in [3.8, 4) is 5.75 Å². The quantitative estimate of drug-likeness (QED) is 0.615. The van der Waals surface area contributed by atoms with Gasteiger partial charge in [0, 0.05) is 29.8 Å². The molecule has 0 bridgehead atoms. The van der Waals surface area contributed by atoms with Crippen LogP contribution >= 0.6 is 23.2 Å². The van der Waals surface area contributed by atoms with Gasteiger partial charge in [-0.25, -0.2) is 8.78 Å². The molecular weight excluding hydrogens is 425 g/mol. The first kappa shape index (κ1) is 21.1. The molecule has 2 aromatic carbocycles. The van der Waals surface area contributed by atoms with E-state index in [-0.39, 0.29) is 37.8 Å². The second-order valence-electron chi connectivity index (χ2n) is 6.52. The average Bonchev–Trinajstić information content (AvgIpc) is 2.98. The fraction of sp³-hybridized carbons (Fsp3) is 0.200. The van der Waals surface area contributed by atoms with Gasteiger partial charge in [-0.05, 0) is 37.6 Å². The van der Waals surface area contributed by atoms with Gasteiger partial charge < -0.3 is 10.4 Å². The monoisotopic (exact) mass is 440 g/mol. The number of amides is 1. The van der Waals surface area contributed by atoms with Crippen LogP contribution in [-0.2, 0) is 4.79 Å². The second-order valence-corrected chi connectivity index (χ2v) is 7.33. The molecule has 0 saturated heterocycles. The van der Waals surface area contributed by atoms with Crippen molar-refractivity contribution in [2.45, 2.75) is 19.8 Å². The van der Waals surface area contributed by atoms with Gasteiger partial charge in [-0.3, -0.25) is 14.2 Å². The zero-order chi connectivity index (χ0) is 21.6. The lowest BCUT2D eigenvalue weighted by Crippen LogP contribution is -2.24. The van der Waals surface area contributed by atoms with Gasteiger partial charge in [-0.2, -0.15) is 0 Å². The molecule has 1 aromatic heterocycles. The van der Waals surface area contributed by atoms with Gasteiger partial charge in [0.05, 0.1) is 21.5 Å². The normalized spacial score (nSPS) is 12.2. The van der Waals surface area contributed by atoms with Crippen molar-refractivity contribution in [3.63, 3.8) is 0 Å². The van der Waals surface area contributed by atoms with Crippen LogP contribution in [0.4, 0.5) is 8.78 Å². The zero-order valence-electron chi connectivity index (χ0n) is 15.6. The highest BCUT2D eigenvalue weighted by Gasteiger charge is 2.30. The Kier molecular flexibility index (Phi) is 5.56. The molecule has 5 nitrogen and oxygen atoms in total. The Morgan fingerprint density at radius 1 is 1.17 bits per heavy atom. The van der Waals surface area contributed by atoms with Crippen LogP contribution in [0, 0.1) is 18.6 Å². The minimum absolute atomic E-state index is 0.114. The average molecular weight is 441 g/mol. The van der Waals surface area contributed by atoms with Crippen LogP contribution in [0.5, 0.6) is 5.75 Å². The Morgan fingerprint density at radius 3 is 2.41 bits per heavy atom. The predicted octanol–water partition coefficient (Wildman–Crippen LogP) is 4.78. The molecule has 3 aromatic rings. The smallest absolute Gasteiger partial charge is 0.262 e. The van der Waals surface area contributed by atoms with E-state index < -0.39 is 35.1 Å². The summed E-state index contributed by atoms with van der Waals surface area (Å²) >= 11 is 11.9. The number of fused-ring (bicyclic) bond motifs is 1. The fourth-order valence-corrected chi connectivity index (χ4v) is 3.71. The summed E-state index contributed by atoms with van der Waals surface area (Å²) in [6.07, 6.45) is 0. The summed E-state index contributed by atoms with van der Waals surface area (Å²) in [4.78, 5) is 25.4. The van der Waals surface area contributed by atoms with Crippen molar-refractivity contribution in [1.29, 1.82) is 0 Å². The molecule has 0 aliphatic carbocycles. The number of hydrogen-bond acceptors (Lipinski definition) is 3. The maximum absolute atomic E-state index is 14.8. The number of phenols is 1. The SMILES string of the molecule is CNC(=O)[C@H](C)c1c(C)n(C(=O)c2ccc(Cl)c(Cl)c2)c2cc(F)c(O)c(F)c12. The van der Waals surface area contributed by atoms with Gasteiger partial charge >= 0.3 is 0 Å². The second kappa shape index (κ2) is 7.65. The van der Waals surface area contributed by atoms with Crippen molar-refractivity contribution >= 4 is 45.9 Å². The van der Waals surface area contributed by atoms with E-state index in [9.17, 15) is 23.5 Å². The van der Waals surface area contributed by atoms with E-state index in [4.69, 9.17) is 23.2 Å². The Bertz CT molecular complexity index is 1170. The predicted molar refractivity (Wildman–Crippen MR) is 107 cm³/mol. The minimum Gasteiger partial charge on any atom is -0.503 e. The van der Waals surface area contributed by atoms with E-state index in [1.807, 2.05) is 0 Å². The first-order valence-electron chi connectivity index (χ1n) is 8.53. The number of carbonyl (C=O) groups excluding carboxylic acids is 2. The van der Waals surface area contributed by atoms with Crippen LogP contribution in [0.15, 0.2) is 24.3 Å². The van der Waals surface area contributed by atoms with Crippen molar-refractivity contribution in [1.82, 2.24) is 9.88 Å². The van der Waals surface area contributed by atoms with Crippen LogP contribution < -0.4 is 5.32 Å². The summed E-state index contributed by atoms with van der Waals surface area (Å²) in [5.41, 5.74) is 0.418. The van der Waals surface area contributed by atoms with E-state index in [0.29, 0.717) is 0 Å². The van der Waals surface area contributed by atoms with Gasteiger partial charge in [0.15, 0.2) is 17.4 Å². The summed E-state index contributed by atoms with van der Waals surface area (Å²) < 4.78 is 30.0. The molecule has 29 heavy (non-hydrogen) atoms. The van der Waals surface area contributed by atoms with Crippen molar-refractivity contribution in [2.75, 3.05) is 7.05 Å². The van der Waals surface area contributed by atoms with Gasteiger partial charge in [-0.1, -0.05) is 23.2 Å². The van der Waals surface area contributed by atoms with Gasteiger partial charge in [0.2, 0.25) is 5.91 Å². The number of phenolic OH excluding ortho intramolecular Hbond substituents is 1. The maximum atomic E-state index is 14.8. The third-order valence-corrected chi connectivity index (χ3v) is 5.59. The summed E-state index contributed by atoms with van der Waals surface area (Å²) in [5, 5.41) is 12.4. The molecular formula is C20H16Cl2F2N2O3. The summed E-state index contributed by atoms with van der Waals surface area (Å²) in [5.74, 6) is -5.57. The number of nitrogens with zero attached hydrogens (tertiary/aromatic N) is 1. The molecule has 1 amide bonds. The highest BCUT2D eigenvalue weighted by molar-refractivity contribution is 6.42. The molecule has 3 rings (SSSR count). The number of likely N-dealkylation sites (N-methyl/N-ethyl adjacent to an activating group) is 1. The number of aromatic nitrogens is 1. The van der Waals surface area contributed by atoms with Crippen LogP contribution in [0.1, 0.15) is 34.5 Å². The molecule has 1 atom stereocenters. The van der Waals surface area contributed by atoms with E-state index in [2.05, 4.69) is 5.32 Å². The molecule has 0 unspecified atom stereocenters. The van der Waals surface area contributed by atoms with Crippen molar-refractivity contribution in [2.24, 2.45) is 0 Å². The minimum atomic E-state index is -1.24. The van der Waals surface area contributed by atoms with Gasteiger partial charge in [0.1, 0.15) is 0 Å². The summed E-state index contributed by atoms with van der Waals surface area (Å²) in [6.45, 7) is 3.03. The molecule has 0 spiro atoms. The van der Waals surface area contributed by atoms with Crippen molar-refractivity contribution in [3.05, 3.63) is 62.8 Å². The van der Waals surface area contributed by atoms with E-state index in [1.165, 1.54) is 39.1 Å². The zero-order valence-corrected chi connectivity index (χ0v) is 17.1. The Morgan fingerprint density at radius 2 is 1.83 bits per heavy atom. The standard InChI is InChI=1S/C20H16Cl2F2N2O3/c1-8(19(28)25-3)15-9(2)26(14-7-13(23)18(27)17(24)16(14)15)20(29)10-4-5-11(21)12(22)6-10/h4-8,27H,1-3H3,(H,25,28)/t8-/m1/s1. The third-order valence-electron chi connectivity index (χ3n) is 4.85. The first-order chi connectivity index (χ1) is 13.6. The number of carbonyl (C=O) groups is 2. The molecule has 0 fully saturated rings. The molecule has 0 aliphatic heterocycles. The first-order valence-corrected chi connectivity index (χ1v) is 9.28. The number of nitrogens with one attached hydrogen (secondary N) is 1. The van der Waals surface area contributed by atoms with Gasteiger partial charge in [0.25, 0.3) is 5.91 Å². The Labute approximate surface area is 174 Å². The molecule has 152 valence electrons. The molecule has 9 heteroatoms. The number of hydrogen-bond donors (Lipinski definition) is 2. The van der Waals surface area contributed by atoms with Crippen LogP contribution in [0.25, 0.3) is 10.9 Å². The summed E-state index contributed by atoms with van der Waals surface area (Å²) in [7, 11) is 1.42. The lowest BCUT2D eigenvalue weighted by atomic mass is 9.96. The fourth-order valence-electron chi connectivity index (χ4n) is 3.41. The molecule has 1 heterocycles. The van der Waals surface area contributed by atoms with Gasteiger partial charge in [-0.15, -0.1) is 0 Å². The topological polar surface area (TPSA) is 71.3 Å².